The van der Waals surface area contributed by atoms with Crippen molar-refractivity contribution in [1.29, 1.82) is 0 Å². The molecule has 0 atom stereocenters. The zero-order valence-corrected chi connectivity index (χ0v) is 22.3. The van der Waals surface area contributed by atoms with Gasteiger partial charge in [-0.05, 0) is 59.7 Å². The molecule has 3 heteroatoms. The molecule has 192 valence electrons. The maximum Gasteiger partial charge on any atom is 0.0805 e. The Kier molecular flexibility index (Phi) is 4.61. The SMILES string of the molecule is c1ccc(-c2cccc(-n3c4ccccc4c4c3c3ccn(-c5ccccc5)c3c3cc5ccccc5n34)c2)cc1. The highest BCUT2D eigenvalue weighted by Gasteiger charge is 2.23. The molecule has 3 nitrogen and oxygen atoms in total. The summed E-state index contributed by atoms with van der Waals surface area (Å²) in [5, 5.41) is 3.72. The molecule has 0 N–H and O–H groups in total. The number of hydrogen-bond acceptors (Lipinski definition) is 0. The van der Waals surface area contributed by atoms with Gasteiger partial charge in [0.15, 0.2) is 0 Å². The molecule has 0 aliphatic heterocycles. The Hall–Kier alpha value is -5.54. The fraction of sp³-hybridized carbons (Fsp3) is 0. The van der Waals surface area contributed by atoms with Gasteiger partial charge in [-0.15, -0.1) is 0 Å². The molecule has 4 aromatic heterocycles. The van der Waals surface area contributed by atoms with Crippen LogP contribution < -0.4 is 0 Å². The van der Waals surface area contributed by atoms with Crippen LogP contribution in [0.3, 0.4) is 0 Å². The maximum atomic E-state index is 2.48. The summed E-state index contributed by atoms with van der Waals surface area (Å²) in [5.41, 5.74) is 12.0. The first kappa shape index (κ1) is 22.3. The Morgan fingerprint density at radius 2 is 1.07 bits per heavy atom. The summed E-state index contributed by atoms with van der Waals surface area (Å²) in [6.45, 7) is 0. The number of nitrogens with zero attached hydrogens (tertiary/aromatic N) is 3. The number of rotatable bonds is 3. The molecule has 0 fully saturated rings. The van der Waals surface area contributed by atoms with E-state index in [0.29, 0.717) is 0 Å². The molecular weight excluding hydrogens is 498 g/mol. The molecule has 0 spiro atoms. The normalized spacial score (nSPS) is 11.9. The first-order valence-electron chi connectivity index (χ1n) is 14.0. The van der Waals surface area contributed by atoms with E-state index in [0.717, 1.165) is 11.4 Å². The third-order valence-electron chi connectivity index (χ3n) is 8.41. The summed E-state index contributed by atoms with van der Waals surface area (Å²) in [7, 11) is 0. The van der Waals surface area contributed by atoms with Crippen molar-refractivity contribution in [2.24, 2.45) is 0 Å². The first-order chi connectivity index (χ1) is 20.4. The van der Waals surface area contributed by atoms with Crippen molar-refractivity contribution in [3.8, 4) is 22.5 Å². The van der Waals surface area contributed by atoms with E-state index in [2.05, 4.69) is 165 Å². The summed E-state index contributed by atoms with van der Waals surface area (Å²) >= 11 is 0. The molecule has 0 unspecified atom stereocenters. The molecule has 4 heterocycles. The molecule has 41 heavy (non-hydrogen) atoms. The number of hydrogen-bond donors (Lipinski definition) is 0. The average molecular weight is 524 g/mol. The molecule has 0 aliphatic rings. The third kappa shape index (κ3) is 3.14. The second kappa shape index (κ2) is 8.48. The summed E-state index contributed by atoms with van der Waals surface area (Å²) in [4.78, 5) is 0. The van der Waals surface area contributed by atoms with Gasteiger partial charge >= 0.3 is 0 Å². The minimum Gasteiger partial charge on any atom is -0.315 e. The van der Waals surface area contributed by atoms with Gasteiger partial charge in [-0.3, -0.25) is 0 Å². The van der Waals surface area contributed by atoms with Crippen LogP contribution in [0.1, 0.15) is 0 Å². The highest BCUT2D eigenvalue weighted by molar-refractivity contribution is 6.22. The van der Waals surface area contributed by atoms with Crippen molar-refractivity contribution in [1.82, 2.24) is 13.5 Å². The van der Waals surface area contributed by atoms with Crippen molar-refractivity contribution >= 4 is 49.3 Å². The molecule has 0 saturated carbocycles. The van der Waals surface area contributed by atoms with Gasteiger partial charge in [0.2, 0.25) is 0 Å². The molecule has 0 bridgehead atoms. The Morgan fingerprint density at radius 3 is 1.93 bits per heavy atom. The highest BCUT2D eigenvalue weighted by atomic mass is 15.1. The number of para-hydroxylation sites is 3. The topological polar surface area (TPSA) is 14.3 Å². The molecular formula is C38H25N3. The minimum absolute atomic E-state index is 1.15. The fourth-order valence-electron chi connectivity index (χ4n) is 6.68. The van der Waals surface area contributed by atoms with E-state index in [1.807, 2.05) is 0 Å². The largest absolute Gasteiger partial charge is 0.315 e. The lowest BCUT2D eigenvalue weighted by molar-refractivity contribution is 1.13. The lowest BCUT2D eigenvalue weighted by Crippen LogP contribution is -1.98. The zero-order chi connectivity index (χ0) is 26.9. The minimum atomic E-state index is 1.15. The number of benzene rings is 5. The zero-order valence-electron chi connectivity index (χ0n) is 22.3. The summed E-state index contributed by atoms with van der Waals surface area (Å²) < 4.78 is 7.28. The highest BCUT2D eigenvalue weighted by Crippen LogP contribution is 2.42. The fourth-order valence-corrected chi connectivity index (χ4v) is 6.68. The van der Waals surface area contributed by atoms with Gasteiger partial charge in [-0.1, -0.05) is 97.1 Å². The molecule has 0 radical (unpaired) electrons. The number of aromatic nitrogens is 3. The average Bonchev–Trinajstić information content (AvgIpc) is 3.74. The molecule has 0 aliphatic carbocycles. The third-order valence-corrected chi connectivity index (χ3v) is 8.41. The summed E-state index contributed by atoms with van der Waals surface area (Å²) in [6, 6.07) is 52.4. The van der Waals surface area contributed by atoms with Gasteiger partial charge in [0.1, 0.15) is 0 Å². The van der Waals surface area contributed by atoms with Crippen LogP contribution in [0.4, 0.5) is 0 Å². The monoisotopic (exact) mass is 523 g/mol. The first-order valence-corrected chi connectivity index (χ1v) is 14.0. The van der Waals surface area contributed by atoms with E-state index in [-0.39, 0.29) is 0 Å². The van der Waals surface area contributed by atoms with Crippen molar-refractivity contribution in [3.05, 3.63) is 152 Å². The molecule has 9 aromatic rings. The number of pyridine rings is 1. The van der Waals surface area contributed by atoms with E-state index in [1.54, 1.807) is 0 Å². The van der Waals surface area contributed by atoms with Gasteiger partial charge in [0.25, 0.3) is 0 Å². The summed E-state index contributed by atoms with van der Waals surface area (Å²) in [6.07, 6.45) is 2.22. The maximum absolute atomic E-state index is 2.48. The smallest absolute Gasteiger partial charge is 0.0805 e. The van der Waals surface area contributed by atoms with Gasteiger partial charge in [-0.25, -0.2) is 0 Å². The second-order valence-electron chi connectivity index (χ2n) is 10.7. The predicted octanol–water partition coefficient (Wildman–Crippen LogP) is 9.80. The van der Waals surface area contributed by atoms with E-state index in [4.69, 9.17) is 0 Å². The van der Waals surface area contributed by atoms with E-state index in [9.17, 15) is 0 Å². The van der Waals surface area contributed by atoms with Crippen LogP contribution in [0.5, 0.6) is 0 Å². The van der Waals surface area contributed by atoms with Crippen molar-refractivity contribution in [2.75, 3.05) is 0 Å². The van der Waals surface area contributed by atoms with Crippen LogP contribution >= 0.6 is 0 Å². The lowest BCUT2D eigenvalue weighted by Gasteiger charge is -2.13. The van der Waals surface area contributed by atoms with E-state index >= 15 is 0 Å². The van der Waals surface area contributed by atoms with Gasteiger partial charge < -0.3 is 13.5 Å². The van der Waals surface area contributed by atoms with Crippen LogP contribution in [0.2, 0.25) is 0 Å². The quantitative estimate of drug-likeness (QED) is 0.219. The van der Waals surface area contributed by atoms with Crippen molar-refractivity contribution in [3.63, 3.8) is 0 Å². The Labute approximate surface area is 236 Å². The van der Waals surface area contributed by atoms with Gasteiger partial charge in [0.05, 0.1) is 33.1 Å². The van der Waals surface area contributed by atoms with Crippen molar-refractivity contribution < 1.29 is 0 Å². The Balaban J connectivity index is 1.51. The predicted molar refractivity (Wildman–Crippen MR) is 172 cm³/mol. The Bertz CT molecular complexity index is 2400. The second-order valence-corrected chi connectivity index (χ2v) is 10.7. The van der Waals surface area contributed by atoms with E-state index in [1.165, 1.54) is 60.4 Å². The molecule has 5 aromatic carbocycles. The molecule has 0 saturated heterocycles. The summed E-state index contributed by atoms with van der Waals surface area (Å²) in [5.74, 6) is 0. The number of fused-ring (bicyclic) bond motifs is 10. The molecule has 9 rings (SSSR count). The van der Waals surface area contributed by atoms with Crippen LogP contribution in [0.25, 0.3) is 71.8 Å². The standard InChI is InChI=1S/C38H25N3/c1-3-12-26(13-4-1)27-15-11-18-30(24-27)40-34-21-10-8-19-31(34)37-38(40)32-22-23-39(29-16-5-2-6-17-29)36(32)35-25-28-14-7-9-20-33(28)41(35)37/h1-25H. The molecule has 0 amide bonds. The van der Waals surface area contributed by atoms with Gasteiger partial charge in [0, 0.05) is 33.7 Å². The van der Waals surface area contributed by atoms with Gasteiger partial charge in [-0.2, -0.15) is 0 Å². The van der Waals surface area contributed by atoms with Crippen LogP contribution in [0, 0.1) is 0 Å². The van der Waals surface area contributed by atoms with Crippen LogP contribution in [-0.2, 0) is 0 Å². The Morgan fingerprint density at radius 1 is 0.390 bits per heavy atom. The van der Waals surface area contributed by atoms with Crippen LogP contribution in [-0.4, -0.2) is 13.5 Å². The van der Waals surface area contributed by atoms with E-state index < -0.39 is 0 Å². The lowest BCUT2D eigenvalue weighted by atomic mass is 10.1. The van der Waals surface area contributed by atoms with Crippen LogP contribution in [0.15, 0.2) is 152 Å². The van der Waals surface area contributed by atoms with Crippen molar-refractivity contribution in [2.45, 2.75) is 0 Å².